The van der Waals surface area contributed by atoms with E-state index in [9.17, 15) is 10.1 Å². The molecule has 5 nitrogen and oxygen atoms in total. The van der Waals surface area contributed by atoms with Gasteiger partial charge in [0.05, 0.1) is 11.5 Å². The van der Waals surface area contributed by atoms with Crippen molar-refractivity contribution in [2.24, 2.45) is 4.99 Å². The van der Waals surface area contributed by atoms with Gasteiger partial charge in [0.25, 0.3) is 5.69 Å². The van der Waals surface area contributed by atoms with Crippen LogP contribution in [0.5, 0.6) is 0 Å². The van der Waals surface area contributed by atoms with E-state index in [-0.39, 0.29) is 5.69 Å². The number of nitrogens with zero attached hydrogens (tertiary/aromatic N) is 2. The largest absolute Gasteiger partial charge is 0.368 e. The monoisotopic (exact) mass is 269 g/mol. The number of aliphatic imine (C=N–C) groups is 1. The Hall–Kier alpha value is -1.43. The van der Waals surface area contributed by atoms with Gasteiger partial charge in [-0.25, -0.2) is 0 Å². The first kappa shape index (κ1) is 10.1. The molecule has 1 heterocycles. The number of hydrogen-bond donors (Lipinski definition) is 1. The Kier molecular flexibility index (Phi) is 2.68. The average molecular weight is 270 g/mol. The zero-order valence-electron chi connectivity index (χ0n) is 7.74. The van der Waals surface area contributed by atoms with Crippen LogP contribution >= 0.6 is 15.9 Å². The molecular formula is C9H8BrN3O2. The van der Waals surface area contributed by atoms with Crippen molar-refractivity contribution in [2.45, 2.75) is 0 Å². The number of nitro groups is 1. The van der Waals surface area contributed by atoms with Crippen LogP contribution in [0.15, 0.2) is 27.7 Å². The van der Waals surface area contributed by atoms with Gasteiger partial charge < -0.3 is 5.32 Å². The van der Waals surface area contributed by atoms with E-state index in [4.69, 9.17) is 0 Å². The molecule has 0 saturated heterocycles. The predicted molar refractivity (Wildman–Crippen MR) is 60.2 cm³/mol. The van der Waals surface area contributed by atoms with E-state index in [1.165, 1.54) is 12.1 Å². The van der Waals surface area contributed by atoms with Crippen molar-refractivity contribution in [3.05, 3.63) is 38.3 Å². The summed E-state index contributed by atoms with van der Waals surface area (Å²) in [6, 6.07) is 4.80. The smallest absolute Gasteiger partial charge is 0.271 e. The molecule has 0 unspecified atom stereocenters. The third kappa shape index (κ3) is 2.15. The summed E-state index contributed by atoms with van der Waals surface area (Å²) >= 11 is 3.24. The second kappa shape index (κ2) is 3.98. The van der Waals surface area contributed by atoms with Gasteiger partial charge in [-0.05, 0) is 6.07 Å². The second-order valence-electron chi connectivity index (χ2n) is 3.11. The van der Waals surface area contributed by atoms with Crippen molar-refractivity contribution in [3.63, 3.8) is 0 Å². The Balaban J connectivity index is 2.43. The minimum absolute atomic E-state index is 0.0655. The molecule has 0 amide bonds. The van der Waals surface area contributed by atoms with E-state index >= 15 is 0 Å². The first-order valence-electron chi connectivity index (χ1n) is 4.40. The SMILES string of the molecule is O=[N+]([O-])c1cc(Br)cc(C2=NCCN2)c1. The van der Waals surface area contributed by atoms with Crippen LogP contribution in [0.3, 0.4) is 0 Å². The van der Waals surface area contributed by atoms with Gasteiger partial charge in [-0.3, -0.25) is 15.1 Å². The van der Waals surface area contributed by atoms with E-state index in [2.05, 4.69) is 26.2 Å². The quantitative estimate of drug-likeness (QED) is 0.657. The van der Waals surface area contributed by atoms with Crippen molar-refractivity contribution in [1.82, 2.24) is 5.32 Å². The second-order valence-corrected chi connectivity index (χ2v) is 4.03. The molecule has 1 aromatic rings. The Morgan fingerprint density at radius 3 is 2.87 bits per heavy atom. The number of rotatable bonds is 2. The summed E-state index contributed by atoms with van der Waals surface area (Å²) in [7, 11) is 0. The Labute approximate surface area is 94.5 Å². The third-order valence-corrected chi connectivity index (χ3v) is 2.50. The fourth-order valence-corrected chi connectivity index (χ4v) is 1.89. The molecule has 0 saturated carbocycles. The van der Waals surface area contributed by atoms with Gasteiger partial charge in [0.15, 0.2) is 0 Å². The molecule has 0 aliphatic carbocycles. The summed E-state index contributed by atoms with van der Waals surface area (Å²) in [6.45, 7) is 1.51. The highest BCUT2D eigenvalue weighted by atomic mass is 79.9. The average Bonchev–Trinajstić information content (AvgIpc) is 2.69. The number of benzene rings is 1. The molecule has 6 heteroatoms. The van der Waals surface area contributed by atoms with Crippen LogP contribution in [0.4, 0.5) is 5.69 Å². The number of nitro benzene ring substituents is 1. The summed E-state index contributed by atoms with van der Waals surface area (Å²) in [5.41, 5.74) is 0.810. The summed E-state index contributed by atoms with van der Waals surface area (Å²) < 4.78 is 0.683. The molecule has 0 spiro atoms. The molecule has 15 heavy (non-hydrogen) atoms. The highest BCUT2D eigenvalue weighted by molar-refractivity contribution is 9.10. The minimum Gasteiger partial charge on any atom is -0.368 e. The summed E-state index contributed by atoms with van der Waals surface area (Å²) in [5, 5.41) is 13.7. The van der Waals surface area contributed by atoms with Crippen molar-refractivity contribution in [1.29, 1.82) is 0 Å². The molecule has 0 radical (unpaired) electrons. The molecule has 0 fully saturated rings. The van der Waals surface area contributed by atoms with Crippen molar-refractivity contribution in [3.8, 4) is 0 Å². The number of nitrogens with one attached hydrogen (secondary N) is 1. The lowest BCUT2D eigenvalue weighted by molar-refractivity contribution is -0.384. The Morgan fingerprint density at radius 1 is 1.47 bits per heavy atom. The first-order chi connectivity index (χ1) is 7.16. The maximum absolute atomic E-state index is 10.6. The Morgan fingerprint density at radius 2 is 2.27 bits per heavy atom. The van der Waals surface area contributed by atoms with Crippen LogP contribution in [0, 0.1) is 10.1 Å². The van der Waals surface area contributed by atoms with Crippen LogP contribution in [0.1, 0.15) is 5.56 Å². The number of non-ortho nitro benzene ring substituents is 1. The van der Waals surface area contributed by atoms with Crippen LogP contribution in [-0.4, -0.2) is 23.8 Å². The first-order valence-corrected chi connectivity index (χ1v) is 5.20. The minimum atomic E-state index is -0.413. The van der Waals surface area contributed by atoms with Crippen molar-refractivity contribution >= 4 is 27.5 Å². The lowest BCUT2D eigenvalue weighted by Gasteiger charge is -2.02. The zero-order valence-corrected chi connectivity index (χ0v) is 9.32. The van der Waals surface area contributed by atoms with E-state index in [1.807, 2.05) is 6.07 Å². The molecule has 0 atom stereocenters. The van der Waals surface area contributed by atoms with Gasteiger partial charge in [-0.15, -0.1) is 0 Å². The van der Waals surface area contributed by atoms with Gasteiger partial charge in [0, 0.05) is 28.7 Å². The molecule has 78 valence electrons. The third-order valence-electron chi connectivity index (χ3n) is 2.04. The summed E-state index contributed by atoms with van der Waals surface area (Å²) in [6.07, 6.45) is 0. The molecule has 1 aliphatic rings. The van der Waals surface area contributed by atoms with E-state index in [1.54, 1.807) is 0 Å². The van der Waals surface area contributed by atoms with Crippen LogP contribution in [0.2, 0.25) is 0 Å². The van der Waals surface area contributed by atoms with E-state index in [0.29, 0.717) is 4.47 Å². The zero-order chi connectivity index (χ0) is 10.8. The molecule has 0 bridgehead atoms. The molecule has 1 aliphatic heterocycles. The van der Waals surface area contributed by atoms with Gasteiger partial charge in [-0.2, -0.15) is 0 Å². The molecule has 0 aromatic heterocycles. The summed E-state index contributed by atoms with van der Waals surface area (Å²) in [4.78, 5) is 14.4. The van der Waals surface area contributed by atoms with E-state index < -0.39 is 4.92 Å². The molecule has 2 rings (SSSR count). The lowest BCUT2D eigenvalue weighted by atomic mass is 10.2. The highest BCUT2D eigenvalue weighted by Gasteiger charge is 2.14. The normalized spacial score (nSPS) is 14.6. The Bertz CT molecular complexity index is 445. The molecule has 1 aromatic carbocycles. The van der Waals surface area contributed by atoms with Crippen molar-refractivity contribution < 1.29 is 4.92 Å². The highest BCUT2D eigenvalue weighted by Crippen LogP contribution is 2.21. The van der Waals surface area contributed by atoms with Gasteiger partial charge in [0.1, 0.15) is 5.84 Å². The fraction of sp³-hybridized carbons (Fsp3) is 0.222. The van der Waals surface area contributed by atoms with Gasteiger partial charge in [-0.1, -0.05) is 15.9 Å². The number of amidine groups is 1. The summed E-state index contributed by atoms with van der Waals surface area (Å²) in [5.74, 6) is 0.722. The van der Waals surface area contributed by atoms with Crippen LogP contribution in [0.25, 0.3) is 0 Å². The standard InChI is InChI=1S/C9H8BrN3O2/c10-7-3-6(9-11-1-2-12-9)4-8(5-7)13(14)15/h3-5H,1-2H2,(H,11,12). The topological polar surface area (TPSA) is 67.5 Å². The maximum Gasteiger partial charge on any atom is 0.271 e. The van der Waals surface area contributed by atoms with E-state index in [0.717, 1.165) is 24.5 Å². The van der Waals surface area contributed by atoms with Gasteiger partial charge >= 0.3 is 0 Å². The fourth-order valence-electron chi connectivity index (χ4n) is 1.41. The molecule has 1 N–H and O–H groups in total. The predicted octanol–water partition coefficient (Wildman–Crippen LogP) is 1.71. The number of halogens is 1. The number of hydrogen-bond acceptors (Lipinski definition) is 4. The van der Waals surface area contributed by atoms with Crippen molar-refractivity contribution in [2.75, 3.05) is 13.1 Å². The maximum atomic E-state index is 10.6. The molecular weight excluding hydrogens is 262 g/mol. The lowest BCUT2D eigenvalue weighted by Crippen LogP contribution is -2.19. The van der Waals surface area contributed by atoms with Crippen LogP contribution < -0.4 is 5.32 Å². The van der Waals surface area contributed by atoms with Crippen LogP contribution in [-0.2, 0) is 0 Å². The van der Waals surface area contributed by atoms with Gasteiger partial charge in [0.2, 0.25) is 0 Å².